The Balaban J connectivity index is 2.63. The molecule has 1 aromatic carbocycles. The quantitative estimate of drug-likeness (QED) is 0.849. The molecule has 3 nitrogen and oxygen atoms in total. The molecule has 0 aliphatic carbocycles. The molecule has 4 heteroatoms. The Bertz CT molecular complexity index is 433. The van der Waals surface area contributed by atoms with Crippen LogP contribution in [0.4, 0.5) is 0 Å². The second-order valence-corrected chi connectivity index (χ2v) is 6.33. The summed E-state index contributed by atoms with van der Waals surface area (Å²) < 4.78 is 22.6. The lowest BCUT2D eigenvalue weighted by molar-refractivity contribution is 0.484. The third-order valence-corrected chi connectivity index (χ3v) is 4.06. The summed E-state index contributed by atoms with van der Waals surface area (Å²) in [5, 5.41) is 3.44. The van der Waals surface area contributed by atoms with Crippen molar-refractivity contribution in [1.82, 2.24) is 5.32 Å². The molecule has 0 saturated heterocycles. The molecule has 0 atom stereocenters. The van der Waals surface area contributed by atoms with Crippen molar-refractivity contribution in [2.45, 2.75) is 44.2 Å². The van der Waals surface area contributed by atoms with Gasteiger partial charge >= 0.3 is 0 Å². The third kappa shape index (κ3) is 4.48. The molecule has 0 heterocycles. The molecule has 0 amide bonds. The van der Waals surface area contributed by atoms with Crippen LogP contribution in [0.15, 0.2) is 29.2 Å². The van der Waals surface area contributed by atoms with Gasteiger partial charge < -0.3 is 5.32 Å². The van der Waals surface area contributed by atoms with Crippen LogP contribution in [0.3, 0.4) is 0 Å². The van der Waals surface area contributed by atoms with Gasteiger partial charge in [-0.1, -0.05) is 26.0 Å². The van der Waals surface area contributed by atoms with Crippen molar-refractivity contribution in [1.29, 1.82) is 0 Å². The molecular formula is C13H21NO2S. The molecule has 0 unspecified atom stereocenters. The summed E-state index contributed by atoms with van der Waals surface area (Å²) in [5.74, 6) is 0. The predicted molar refractivity (Wildman–Crippen MR) is 70.8 cm³/mol. The van der Waals surface area contributed by atoms with Crippen LogP contribution in [0, 0.1) is 0 Å². The maximum atomic E-state index is 11.3. The van der Waals surface area contributed by atoms with Crippen LogP contribution in [0.2, 0.25) is 0 Å². The van der Waals surface area contributed by atoms with Crippen molar-refractivity contribution in [2.24, 2.45) is 0 Å². The van der Waals surface area contributed by atoms with E-state index in [1.807, 2.05) is 12.1 Å². The van der Waals surface area contributed by atoms with E-state index in [0.29, 0.717) is 10.9 Å². The number of hydrogen-bond acceptors (Lipinski definition) is 3. The molecule has 17 heavy (non-hydrogen) atoms. The van der Waals surface area contributed by atoms with E-state index in [1.54, 1.807) is 12.1 Å². The van der Waals surface area contributed by atoms with Crippen molar-refractivity contribution in [2.75, 3.05) is 6.26 Å². The molecule has 0 aromatic heterocycles. The molecule has 0 fully saturated rings. The average molecular weight is 255 g/mol. The van der Waals surface area contributed by atoms with Gasteiger partial charge in [0.2, 0.25) is 0 Å². The first kappa shape index (κ1) is 14.2. The Kier molecular flexibility index (Phi) is 5.15. The van der Waals surface area contributed by atoms with E-state index in [-0.39, 0.29) is 0 Å². The third-order valence-electron chi connectivity index (χ3n) is 2.93. The van der Waals surface area contributed by atoms with Crippen LogP contribution in [0.5, 0.6) is 0 Å². The average Bonchev–Trinajstić information content (AvgIpc) is 2.30. The summed E-state index contributed by atoms with van der Waals surface area (Å²) in [7, 11) is -3.08. The number of benzene rings is 1. The van der Waals surface area contributed by atoms with Crippen LogP contribution in [0.25, 0.3) is 0 Å². The Morgan fingerprint density at radius 1 is 1.12 bits per heavy atom. The van der Waals surface area contributed by atoms with Crippen LogP contribution in [-0.4, -0.2) is 20.7 Å². The zero-order valence-corrected chi connectivity index (χ0v) is 11.5. The van der Waals surface area contributed by atoms with Crippen LogP contribution >= 0.6 is 0 Å². The fourth-order valence-electron chi connectivity index (χ4n) is 1.69. The fraction of sp³-hybridized carbons (Fsp3) is 0.538. The molecule has 0 aliphatic heterocycles. The number of nitrogens with one attached hydrogen (secondary N) is 1. The van der Waals surface area contributed by atoms with E-state index in [9.17, 15) is 8.42 Å². The number of rotatable bonds is 6. The minimum atomic E-state index is -3.08. The van der Waals surface area contributed by atoms with E-state index in [2.05, 4.69) is 19.2 Å². The fourth-order valence-corrected chi connectivity index (χ4v) is 2.32. The van der Waals surface area contributed by atoms with Gasteiger partial charge in [0.15, 0.2) is 9.84 Å². The molecule has 1 N–H and O–H groups in total. The van der Waals surface area contributed by atoms with Gasteiger partial charge in [-0.25, -0.2) is 8.42 Å². The first-order valence-electron chi connectivity index (χ1n) is 5.99. The van der Waals surface area contributed by atoms with Gasteiger partial charge in [-0.05, 0) is 30.5 Å². The SMILES string of the molecule is CCC(CC)NCc1ccc(S(C)(=O)=O)cc1. The lowest BCUT2D eigenvalue weighted by atomic mass is 10.1. The van der Waals surface area contributed by atoms with E-state index < -0.39 is 9.84 Å². The highest BCUT2D eigenvalue weighted by atomic mass is 32.2. The van der Waals surface area contributed by atoms with Crippen molar-refractivity contribution >= 4 is 9.84 Å². The number of hydrogen-bond donors (Lipinski definition) is 1. The molecule has 0 saturated carbocycles. The van der Waals surface area contributed by atoms with Gasteiger partial charge in [0.25, 0.3) is 0 Å². The highest BCUT2D eigenvalue weighted by molar-refractivity contribution is 7.90. The highest BCUT2D eigenvalue weighted by Gasteiger charge is 2.06. The molecule has 0 spiro atoms. The van der Waals surface area contributed by atoms with Crippen molar-refractivity contribution in [3.8, 4) is 0 Å². The molecule has 0 aliphatic rings. The van der Waals surface area contributed by atoms with Gasteiger partial charge in [-0.2, -0.15) is 0 Å². The minimum Gasteiger partial charge on any atom is -0.310 e. The van der Waals surface area contributed by atoms with Gasteiger partial charge in [0, 0.05) is 18.8 Å². The largest absolute Gasteiger partial charge is 0.310 e. The Morgan fingerprint density at radius 2 is 1.65 bits per heavy atom. The molecule has 96 valence electrons. The maximum Gasteiger partial charge on any atom is 0.175 e. The topological polar surface area (TPSA) is 46.2 Å². The lowest BCUT2D eigenvalue weighted by Gasteiger charge is -2.14. The predicted octanol–water partition coefficient (Wildman–Crippen LogP) is 2.37. The van der Waals surface area contributed by atoms with Gasteiger partial charge in [-0.3, -0.25) is 0 Å². The Labute approximate surface area is 104 Å². The van der Waals surface area contributed by atoms with E-state index in [4.69, 9.17) is 0 Å². The molecule has 1 aromatic rings. The summed E-state index contributed by atoms with van der Waals surface area (Å²) >= 11 is 0. The summed E-state index contributed by atoms with van der Waals surface area (Å²) in [6.45, 7) is 5.11. The van der Waals surface area contributed by atoms with E-state index in [0.717, 1.165) is 24.9 Å². The molecular weight excluding hydrogens is 234 g/mol. The smallest absolute Gasteiger partial charge is 0.175 e. The van der Waals surface area contributed by atoms with Crippen LogP contribution in [-0.2, 0) is 16.4 Å². The molecule has 0 bridgehead atoms. The molecule has 0 radical (unpaired) electrons. The Morgan fingerprint density at radius 3 is 2.06 bits per heavy atom. The zero-order chi connectivity index (χ0) is 12.9. The molecule has 1 rings (SSSR count). The maximum absolute atomic E-state index is 11.3. The summed E-state index contributed by atoms with van der Waals surface area (Å²) in [6, 6.07) is 7.60. The normalized spacial score (nSPS) is 12.0. The van der Waals surface area contributed by atoms with Gasteiger partial charge in [0.1, 0.15) is 0 Å². The summed E-state index contributed by atoms with van der Waals surface area (Å²) in [5.41, 5.74) is 1.12. The Hall–Kier alpha value is -0.870. The zero-order valence-electron chi connectivity index (χ0n) is 10.7. The minimum absolute atomic E-state index is 0.379. The summed E-state index contributed by atoms with van der Waals surface area (Å²) in [6.07, 6.45) is 3.44. The first-order chi connectivity index (χ1) is 7.97. The first-order valence-corrected chi connectivity index (χ1v) is 7.88. The second-order valence-electron chi connectivity index (χ2n) is 4.31. The number of sulfone groups is 1. The van der Waals surface area contributed by atoms with E-state index in [1.165, 1.54) is 6.26 Å². The van der Waals surface area contributed by atoms with Gasteiger partial charge in [-0.15, -0.1) is 0 Å². The van der Waals surface area contributed by atoms with Crippen molar-refractivity contribution in [3.05, 3.63) is 29.8 Å². The summed E-state index contributed by atoms with van der Waals surface area (Å²) in [4.78, 5) is 0.379. The van der Waals surface area contributed by atoms with Crippen LogP contribution in [0.1, 0.15) is 32.3 Å². The van der Waals surface area contributed by atoms with Gasteiger partial charge in [0.05, 0.1) is 4.90 Å². The lowest BCUT2D eigenvalue weighted by Crippen LogP contribution is -2.26. The van der Waals surface area contributed by atoms with E-state index >= 15 is 0 Å². The van der Waals surface area contributed by atoms with Crippen molar-refractivity contribution < 1.29 is 8.42 Å². The standard InChI is InChI=1S/C13H21NO2S/c1-4-12(5-2)14-10-11-6-8-13(9-7-11)17(3,15)16/h6-9,12,14H,4-5,10H2,1-3H3. The monoisotopic (exact) mass is 255 g/mol. The second kappa shape index (κ2) is 6.17. The highest BCUT2D eigenvalue weighted by Crippen LogP contribution is 2.10. The van der Waals surface area contributed by atoms with Crippen molar-refractivity contribution in [3.63, 3.8) is 0 Å². The van der Waals surface area contributed by atoms with Crippen LogP contribution < -0.4 is 5.32 Å².